The van der Waals surface area contributed by atoms with Crippen LogP contribution in [-0.4, -0.2) is 56.3 Å². The second-order valence-electron chi connectivity index (χ2n) is 8.63. The Hall–Kier alpha value is -3.29. The van der Waals surface area contributed by atoms with Gasteiger partial charge in [0.1, 0.15) is 0 Å². The van der Waals surface area contributed by atoms with Gasteiger partial charge in [-0.2, -0.15) is 0 Å². The van der Waals surface area contributed by atoms with E-state index < -0.39 is 0 Å². The third-order valence-electron chi connectivity index (χ3n) is 6.47. The maximum atomic E-state index is 6.29. The summed E-state index contributed by atoms with van der Waals surface area (Å²) in [5.74, 6) is 0.870. The van der Waals surface area contributed by atoms with E-state index in [-0.39, 0.29) is 6.04 Å². The van der Waals surface area contributed by atoms with Crippen LogP contribution < -0.4 is 4.90 Å². The van der Waals surface area contributed by atoms with Crippen molar-refractivity contribution in [1.29, 1.82) is 0 Å². The van der Waals surface area contributed by atoms with Gasteiger partial charge in [-0.25, -0.2) is 4.68 Å². The number of nitrogens with zero attached hydrogens (tertiary/aromatic N) is 7. The number of aryl methyl sites for hydroxylation is 3. The molecular formula is C26H28ClN7. The van der Waals surface area contributed by atoms with E-state index in [2.05, 4.69) is 85.8 Å². The number of tetrazole rings is 1. The molecule has 0 radical (unpaired) electrons. The first-order valence-corrected chi connectivity index (χ1v) is 12.0. The molecule has 7 nitrogen and oxygen atoms in total. The predicted octanol–water partition coefficient (Wildman–Crippen LogP) is 4.18. The van der Waals surface area contributed by atoms with Gasteiger partial charge in [-0.1, -0.05) is 48.0 Å². The number of aromatic nitrogens is 5. The number of piperazine rings is 1. The van der Waals surface area contributed by atoms with Crippen molar-refractivity contribution in [3.05, 3.63) is 101 Å². The summed E-state index contributed by atoms with van der Waals surface area (Å²) in [5, 5.41) is 13.7. The van der Waals surface area contributed by atoms with Gasteiger partial charge in [0.25, 0.3) is 0 Å². The second kappa shape index (κ2) is 10.3. The van der Waals surface area contributed by atoms with Gasteiger partial charge in [0, 0.05) is 55.8 Å². The number of pyridine rings is 1. The normalized spacial score (nSPS) is 15.4. The van der Waals surface area contributed by atoms with Gasteiger partial charge in [-0.15, -0.1) is 5.10 Å². The molecule has 0 bridgehead atoms. The van der Waals surface area contributed by atoms with Crippen molar-refractivity contribution in [2.24, 2.45) is 0 Å². The third kappa shape index (κ3) is 4.95. The molecule has 2 aromatic heterocycles. The average Bonchev–Trinajstić information content (AvgIpc) is 3.34. The van der Waals surface area contributed by atoms with Crippen LogP contribution in [0.5, 0.6) is 0 Å². The highest BCUT2D eigenvalue weighted by molar-refractivity contribution is 6.30. The highest BCUT2D eigenvalue weighted by Crippen LogP contribution is 2.30. The first-order chi connectivity index (χ1) is 16.7. The molecule has 0 unspecified atom stereocenters. The van der Waals surface area contributed by atoms with E-state index in [9.17, 15) is 0 Å². The molecule has 1 aliphatic rings. The monoisotopic (exact) mass is 473 g/mol. The molecule has 1 atom stereocenters. The Morgan fingerprint density at radius 1 is 0.941 bits per heavy atom. The van der Waals surface area contributed by atoms with Crippen molar-refractivity contribution in [3.63, 3.8) is 0 Å². The fourth-order valence-corrected chi connectivity index (χ4v) is 4.83. The van der Waals surface area contributed by atoms with Crippen LogP contribution in [0.15, 0.2) is 73.1 Å². The Morgan fingerprint density at radius 3 is 2.47 bits per heavy atom. The molecule has 174 valence electrons. The minimum atomic E-state index is -0.0311. The van der Waals surface area contributed by atoms with E-state index in [1.807, 2.05) is 29.2 Å². The van der Waals surface area contributed by atoms with Crippen LogP contribution in [0.25, 0.3) is 0 Å². The van der Waals surface area contributed by atoms with E-state index in [1.54, 1.807) is 0 Å². The largest absolute Gasteiger partial charge is 0.369 e. The zero-order chi connectivity index (χ0) is 23.3. The van der Waals surface area contributed by atoms with E-state index >= 15 is 0 Å². The fourth-order valence-electron chi connectivity index (χ4n) is 4.66. The molecule has 0 N–H and O–H groups in total. The highest BCUT2D eigenvalue weighted by Gasteiger charge is 2.31. The van der Waals surface area contributed by atoms with Crippen molar-refractivity contribution in [1.82, 2.24) is 30.1 Å². The molecular weight excluding hydrogens is 446 g/mol. The van der Waals surface area contributed by atoms with Gasteiger partial charge < -0.3 is 4.90 Å². The molecule has 0 saturated carbocycles. The summed E-state index contributed by atoms with van der Waals surface area (Å²) in [6.45, 7) is 6.48. The van der Waals surface area contributed by atoms with Gasteiger partial charge in [0.2, 0.25) is 0 Å². The first kappa shape index (κ1) is 22.5. The van der Waals surface area contributed by atoms with E-state index in [0.29, 0.717) is 0 Å². The summed E-state index contributed by atoms with van der Waals surface area (Å²) in [6, 6.07) is 20.7. The minimum absolute atomic E-state index is 0.0311. The maximum Gasteiger partial charge on any atom is 0.173 e. The number of benzene rings is 2. The number of hydrogen-bond acceptors (Lipinski definition) is 6. The number of hydrogen-bond donors (Lipinski definition) is 0. The summed E-state index contributed by atoms with van der Waals surface area (Å²) in [4.78, 5) is 9.11. The van der Waals surface area contributed by atoms with Crippen LogP contribution >= 0.6 is 11.6 Å². The molecule has 3 heterocycles. The fraction of sp³-hybridized carbons (Fsp3) is 0.308. The van der Waals surface area contributed by atoms with Gasteiger partial charge in [0.05, 0.1) is 6.04 Å². The standard InChI is InChI=1S/C26H28ClN7/c1-20-7-8-23(27)19-24(20)32-15-17-33(18-16-32)25(22-9-12-28-13-10-22)26-29-30-31-34(26)14-11-21-5-3-2-4-6-21/h2-10,12-13,19,25H,11,14-18H2,1H3/t25-/m1/s1. The van der Waals surface area contributed by atoms with E-state index in [0.717, 1.165) is 55.6 Å². The van der Waals surface area contributed by atoms with Crippen LogP contribution in [0.2, 0.25) is 5.02 Å². The SMILES string of the molecule is Cc1ccc(Cl)cc1N1CCN([C@H](c2ccncc2)c2nnnn2CCc2ccccc2)CC1. The lowest BCUT2D eigenvalue weighted by molar-refractivity contribution is 0.200. The van der Waals surface area contributed by atoms with E-state index in [4.69, 9.17) is 11.6 Å². The average molecular weight is 474 g/mol. The zero-order valence-corrected chi connectivity index (χ0v) is 20.0. The second-order valence-corrected chi connectivity index (χ2v) is 9.07. The summed E-state index contributed by atoms with van der Waals surface area (Å²) >= 11 is 6.29. The Labute approximate surface area is 205 Å². The lowest BCUT2D eigenvalue weighted by Crippen LogP contribution is -2.48. The van der Waals surface area contributed by atoms with Gasteiger partial charge in [0.15, 0.2) is 5.82 Å². The van der Waals surface area contributed by atoms with Crippen molar-refractivity contribution < 1.29 is 0 Å². The van der Waals surface area contributed by atoms with Crippen molar-refractivity contribution >= 4 is 17.3 Å². The van der Waals surface area contributed by atoms with Crippen LogP contribution in [0.1, 0.15) is 28.6 Å². The molecule has 34 heavy (non-hydrogen) atoms. The van der Waals surface area contributed by atoms with Crippen LogP contribution in [0.3, 0.4) is 0 Å². The summed E-state index contributed by atoms with van der Waals surface area (Å²) in [5.41, 5.74) is 4.88. The molecule has 5 rings (SSSR count). The van der Waals surface area contributed by atoms with Crippen molar-refractivity contribution in [3.8, 4) is 0 Å². The van der Waals surface area contributed by atoms with Crippen LogP contribution in [0.4, 0.5) is 5.69 Å². The molecule has 0 spiro atoms. The Balaban J connectivity index is 1.37. The lowest BCUT2D eigenvalue weighted by Gasteiger charge is -2.40. The van der Waals surface area contributed by atoms with Crippen molar-refractivity contribution in [2.45, 2.75) is 25.9 Å². The smallest absolute Gasteiger partial charge is 0.173 e. The number of halogens is 1. The number of anilines is 1. The van der Waals surface area contributed by atoms with Gasteiger partial charge in [-0.05, 0) is 64.7 Å². The minimum Gasteiger partial charge on any atom is -0.369 e. The highest BCUT2D eigenvalue weighted by atomic mass is 35.5. The Bertz CT molecular complexity index is 1200. The van der Waals surface area contributed by atoms with Gasteiger partial charge in [-0.3, -0.25) is 9.88 Å². The molecule has 0 aliphatic carbocycles. The molecule has 2 aromatic carbocycles. The van der Waals surface area contributed by atoms with Crippen LogP contribution in [0, 0.1) is 6.92 Å². The Kier molecular flexibility index (Phi) is 6.83. The zero-order valence-electron chi connectivity index (χ0n) is 19.3. The molecule has 1 fully saturated rings. The van der Waals surface area contributed by atoms with E-state index in [1.165, 1.54) is 16.8 Å². The first-order valence-electron chi connectivity index (χ1n) is 11.6. The topological polar surface area (TPSA) is 63.0 Å². The molecule has 1 aliphatic heterocycles. The van der Waals surface area contributed by atoms with Gasteiger partial charge >= 0.3 is 0 Å². The Morgan fingerprint density at radius 2 is 1.71 bits per heavy atom. The lowest BCUT2D eigenvalue weighted by atomic mass is 10.0. The van der Waals surface area contributed by atoms with Crippen molar-refractivity contribution in [2.75, 3.05) is 31.1 Å². The third-order valence-corrected chi connectivity index (χ3v) is 6.71. The van der Waals surface area contributed by atoms with Crippen LogP contribution in [-0.2, 0) is 13.0 Å². The molecule has 8 heteroatoms. The summed E-state index contributed by atoms with van der Waals surface area (Å²) < 4.78 is 1.95. The predicted molar refractivity (Wildman–Crippen MR) is 134 cm³/mol. The molecule has 1 saturated heterocycles. The molecule has 0 amide bonds. The summed E-state index contributed by atoms with van der Waals surface area (Å²) in [7, 11) is 0. The summed E-state index contributed by atoms with van der Waals surface area (Å²) in [6.07, 6.45) is 4.56. The number of rotatable bonds is 7. The quantitative estimate of drug-likeness (QED) is 0.401. The maximum absolute atomic E-state index is 6.29. The molecule has 4 aromatic rings.